The lowest BCUT2D eigenvalue weighted by molar-refractivity contribution is -0.132. The molecule has 0 aliphatic heterocycles. The maximum Gasteiger partial charge on any atom is 0.279 e. The molecule has 2 N–H and O–H groups in total. The van der Waals surface area contributed by atoms with Crippen molar-refractivity contribution in [2.45, 2.75) is 33.3 Å². The number of hydrogen-bond donors (Lipinski definition) is 2. The Morgan fingerprint density at radius 3 is 2.46 bits per heavy atom. The molecule has 5 nitrogen and oxygen atoms in total. The molecule has 0 bridgehead atoms. The van der Waals surface area contributed by atoms with Crippen LogP contribution in [-0.2, 0) is 16.0 Å². The fraction of sp³-hybridized carbons (Fsp3) is 0.263. The molecule has 24 heavy (non-hydrogen) atoms. The van der Waals surface area contributed by atoms with E-state index in [4.69, 9.17) is 4.74 Å². The van der Waals surface area contributed by atoms with E-state index in [1.165, 1.54) is 0 Å². The molecule has 0 saturated carbocycles. The predicted molar refractivity (Wildman–Crippen MR) is 92.4 cm³/mol. The number of carbonyl (C=O) groups is 2. The fourth-order valence-corrected chi connectivity index (χ4v) is 2.14. The van der Waals surface area contributed by atoms with Gasteiger partial charge in [-0.3, -0.25) is 20.4 Å². The lowest BCUT2D eigenvalue weighted by Crippen LogP contribution is -2.47. The summed E-state index contributed by atoms with van der Waals surface area (Å²) in [6.45, 7) is 5.52. The zero-order valence-corrected chi connectivity index (χ0v) is 14.1. The van der Waals surface area contributed by atoms with E-state index < -0.39 is 12.0 Å². The second kappa shape index (κ2) is 8.15. The summed E-state index contributed by atoms with van der Waals surface area (Å²) in [4.78, 5) is 23.9. The van der Waals surface area contributed by atoms with E-state index in [1.807, 2.05) is 62.4 Å². The van der Waals surface area contributed by atoms with Gasteiger partial charge in [0.2, 0.25) is 5.91 Å². The maximum atomic E-state index is 12.0. The topological polar surface area (TPSA) is 67.4 Å². The zero-order chi connectivity index (χ0) is 17.5. The van der Waals surface area contributed by atoms with Gasteiger partial charge in [-0.25, -0.2) is 0 Å². The van der Waals surface area contributed by atoms with E-state index in [0.717, 1.165) is 16.7 Å². The second-order valence-electron chi connectivity index (χ2n) is 5.73. The molecule has 2 aromatic rings. The van der Waals surface area contributed by atoms with Crippen LogP contribution in [0.15, 0.2) is 48.5 Å². The van der Waals surface area contributed by atoms with E-state index in [0.29, 0.717) is 5.75 Å². The molecule has 5 heteroatoms. The number of hydrazine groups is 1. The molecule has 0 radical (unpaired) electrons. The monoisotopic (exact) mass is 326 g/mol. The van der Waals surface area contributed by atoms with Gasteiger partial charge >= 0.3 is 0 Å². The highest BCUT2D eigenvalue weighted by Crippen LogP contribution is 2.20. The number of ether oxygens (including phenoxy) is 1. The van der Waals surface area contributed by atoms with Gasteiger partial charge in [-0.15, -0.1) is 0 Å². The minimum atomic E-state index is -0.720. The molecule has 0 fully saturated rings. The Hall–Kier alpha value is -2.82. The smallest absolute Gasteiger partial charge is 0.279 e. The zero-order valence-electron chi connectivity index (χ0n) is 14.1. The fourth-order valence-electron chi connectivity index (χ4n) is 2.14. The van der Waals surface area contributed by atoms with Gasteiger partial charge in [-0.05, 0) is 43.5 Å². The van der Waals surface area contributed by atoms with Gasteiger partial charge in [0.05, 0.1) is 6.42 Å². The average Bonchev–Trinajstić information content (AvgIpc) is 2.57. The minimum absolute atomic E-state index is 0.202. The van der Waals surface area contributed by atoms with Gasteiger partial charge in [-0.2, -0.15) is 0 Å². The van der Waals surface area contributed by atoms with Crippen molar-refractivity contribution in [3.63, 3.8) is 0 Å². The second-order valence-corrected chi connectivity index (χ2v) is 5.73. The molecular formula is C19H22N2O3. The van der Waals surface area contributed by atoms with E-state index >= 15 is 0 Å². The first-order valence-corrected chi connectivity index (χ1v) is 7.82. The van der Waals surface area contributed by atoms with Crippen LogP contribution in [0.3, 0.4) is 0 Å². The van der Waals surface area contributed by atoms with E-state index in [1.54, 1.807) is 6.92 Å². The van der Waals surface area contributed by atoms with Crippen molar-refractivity contribution in [1.29, 1.82) is 0 Å². The Bertz CT molecular complexity index is 714. The van der Waals surface area contributed by atoms with Crippen LogP contribution in [0.1, 0.15) is 23.6 Å². The van der Waals surface area contributed by atoms with E-state index in [-0.39, 0.29) is 12.3 Å². The van der Waals surface area contributed by atoms with Crippen molar-refractivity contribution in [2.75, 3.05) is 0 Å². The minimum Gasteiger partial charge on any atom is -0.481 e. The first-order valence-electron chi connectivity index (χ1n) is 7.82. The number of aryl methyl sites for hydroxylation is 2. The lowest BCUT2D eigenvalue weighted by Gasteiger charge is -2.17. The van der Waals surface area contributed by atoms with Crippen LogP contribution in [0.25, 0.3) is 0 Å². The molecule has 0 heterocycles. The van der Waals surface area contributed by atoms with Crippen molar-refractivity contribution in [2.24, 2.45) is 0 Å². The summed E-state index contributed by atoms with van der Waals surface area (Å²) in [5, 5.41) is 0. The highest BCUT2D eigenvalue weighted by atomic mass is 16.5. The third-order valence-electron chi connectivity index (χ3n) is 3.55. The van der Waals surface area contributed by atoms with Crippen LogP contribution in [0.2, 0.25) is 0 Å². The Balaban J connectivity index is 1.83. The Kier molecular flexibility index (Phi) is 5.95. The number of nitrogens with one attached hydrogen (secondary N) is 2. The van der Waals surface area contributed by atoms with E-state index in [9.17, 15) is 9.59 Å². The molecule has 0 aliphatic carbocycles. The largest absolute Gasteiger partial charge is 0.481 e. The lowest BCUT2D eigenvalue weighted by atomic mass is 10.1. The molecule has 1 unspecified atom stereocenters. The number of hydrogen-bond acceptors (Lipinski definition) is 3. The molecule has 0 saturated heterocycles. The molecule has 126 valence electrons. The molecule has 2 aromatic carbocycles. The van der Waals surface area contributed by atoms with Crippen LogP contribution in [-0.4, -0.2) is 17.9 Å². The molecule has 2 amide bonds. The van der Waals surface area contributed by atoms with Crippen LogP contribution in [0.5, 0.6) is 5.75 Å². The summed E-state index contributed by atoms with van der Waals surface area (Å²) >= 11 is 0. The molecule has 0 spiro atoms. The number of benzene rings is 2. The normalized spacial score (nSPS) is 11.5. The first kappa shape index (κ1) is 17.5. The Morgan fingerprint density at radius 1 is 1.04 bits per heavy atom. The Labute approximate surface area is 142 Å². The van der Waals surface area contributed by atoms with Gasteiger partial charge in [0.1, 0.15) is 5.75 Å². The number of amides is 2. The summed E-state index contributed by atoms with van der Waals surface area (Å²) in [5.41, 5.74) is 7.68. The Morgan fingerprint density at radius 2 is 1.75 bits per heavy atom. The van der Waals surface area contributed by atoms with Crippen LogP contribution < -0.4 is 15.6 Å². The van der Waals surface area contributed by atoms with Crippen LogP contribution in [0, 0.1) is 13.8 Å². The van der Waals surface area contributed by atoms with Gasteiger partial charge in [0.15, 0.2) is 6.10 Å². The SMILES string of the molecule is Cc1ccc(C)c(OC(C)C(=O)NNC(=O)Cc2ccccc2)c1. The van der Waals surface area contributed by atoms with Crippen molar-refractivity contribution < 1.29 is 14.3 Å². The number of rotatable bonds is 5. The maximum absolute atomic E-state index is 12.0. The van der Waals surface area contributed by atoms with Gasteiger partial charge in [0.25, 0.3) is 5.91 Å². The van der Waals surface area contributed by atoms with Crippen LogP contribution >= 0.6 is 0 Å². The molecule has 2 rings (SSSR count). The van der Waals surface area contributed by atoms with Crippen molar-refractivity contribution in [3.05, 3.63) is 65.2 Å². The predicted octanol–water partition coefficient (Wildman–Crippen LogP) is 2.46. The quantitative estimate of drug-likeness (QED) is 0.830. The molecule has 0 aliphatic rings. The number of carbonyl (C=O) groups excluding carboxylic acids is 2. The summed E-state index contributed by atoms with van der Waals surface area (Å²) in [6, 6.07) is 15.1. The highest BCUT2D eigenvalue weighted by molar-refractivity contribution is 5.85. The van der Waals surface area contributed by atoms with Crippen molar-refractivity contribution in [3.8, 4) is 5.75 Å². The van der Waals surface area contributed by atoms with Crippen LogP contribution in [0.4, 0.5) is 0 Å². The first-order chi connectivity index (χ1) is 11.5. The highest BCUT2D eigenvalue weighted by Gasteiger charge is 2.16. The standard InChI is InChI=1S/C19H22N2O3/c1-13-9-10-14(2)17(11-13)24-15(3)19(23)21-20-18(22)12-16-7-5-4-6-8-16/h4-11,15H,12H2,1-3H3,(H,20,22)(H,21,23). The van der Waals surface area contributed by atoms with Crippen molar-refractivity contribution >= 4 is 11.8 Å². The summed E-state index contributed by atoms with van der Waals surface area (Å²) in [5.74, 6) is -0.0286. The molecular weight excluding hydrogens is 304 g/mol. The van der Waals surface area contributed by atoms with Crippen molar-refractivity contribution in [1.82, 2.24) is 10.9 Å². The summed E-state index contributed by atoms with van der Waals surface area (Å²) in [7, 11) is 0. The van der Waals surface area contributed by atoms with E-state index in [2.05, 4.69) is 10.9 Å². The van der Waals surface area contributed by atoms with Gasteiger partial charge < -0.3 is 4.74 Å². The third-order valence-corrected chi connectivity index (χ3v) is 3.55. The molecule has 0 aromatic heterocycles. The summed E-state index contributed by atoms with van der Waals surface area (Å²) < 4.78 is 5.67. The molecule has 1 atom stereocenters. The third kappa shape index (κ3) is 5.12. The van der Waals surface area contributed by atoms with Gasteiger partial charge in [0, 0.05) is 0 Å². The summed E-state index contributed by atoms with van der Waals surface area (Å²) in [6.07, 6.45) is -0.518. The average molecular weight is 326 g/mol. The van der Waals surface area contributed by atoms with Gasteiger partial charge in [-0.1, -0.05) is 42.5 Å².